The molecule has 1 unspecified atom stereocenters. The number of hydrogen-bond acceptors (Lipinski definition) is 1. The van der Waals surface area contributed by atoms with Crippen LogP contribution in [-0.4, -0.2) is 25.5 Å². The van der Waals surface area contributed by atoms with Crippen LogP contribution in [0.5, 0.6) is 0 Å². The van der Waals surface area contributed by atoms with Gasteiger partial charge in [-0.05, 0) is 37.1 Å². The predicted molar refractivity (Wildman–Crippen MR) is 74.0 cm³/mol. The molecule has 2 atom stereocenters. The zero-order valence-corrected chi connectivity index (χ0v) is 11.5. The van der Waals surface area contributed by atoms with Crippen molar-refractivity contribution in [2.45, 2.75) is 19.8 Å². The molecule has 1 saturated heterocycles. The molecule has 0 radical (unpaired) electrons. The Bertz CT molecular complexity index is 405. The lowest BCUT2D eigenvalue weighted by molar-refractivity contribution is -0.900. The minimum atomic E-state index is 0.0847. The number of anilines is 1. The summed E-state index contributed by atoms with van der Waals surface area (Å²) in [5.41, 5.74) is 0.814. The predicted octanol–water partition coefficient (Wildman–Crippen LogP) is 1.59. The molecule has 1 aliphatic rings. The number of carbonyl (C=O) groups is 1. The molecular formula is C14H20ClN2O+. The fourth-order valence-corrected chi connectivity index (χ4v) is 2.65. The van der Waals surface area contributed by atoms with Gasteiger partial charge in [0, 0.05) is 16.6 Å². The Hall–Kier alpha value is -1.06. The van der Waals surface area contributed by atoms with Crippen LogP contribution in [0.3, 0.4) is 0 Å². The largest absolute Gasteiger partial charge is 0.327 e. The van der Waals surface area contributed by atoms with Crippen molar-refractivity contribution in [3.05, 3.63) is 29.3 Å². The first-order valence-electron chi connectivity index (χ1n) is 6.52. The lowest BCUT2D eigenvalue weighted by Crippen LogP contribution is -3.14. The fourth-order valence-electron chi connectivity index (χ4n) is 2.52. The van der Waals surface area contributed by atoms with E-state index in [1.54, 1.807) is 12.1 Å². The fraction of sp³-hybridized carbons (Fsp3) is 0.500. The number of halogens is 1. The number of likely N-dealkylation sites (tertiary alicyclic amines) is 1. The van der Waals surface area contributed by atoms with Gasteiger partial charge in [0.2, 0.25) is 0 Å². The molecule has 0 saturated carbocycles. The summed E-state index contributed by atoms with van der Waals surface area (Å²) in [4.78, 5) is 13.3. The minimum absolute atomic E-state index is 0.0847. The van der Waals surface area contributed by atoms with Gasteiger partial charge in [0.1, 0.15) is 0 Å². The molecule has 1 aliphatic heterocycles. The van der Waals surface area contributed by atoms with Crippen LogP contribution in [0.4, 0.5) is 5.69 Å². The van der Waals surface area contributed by atoms with Crippen LogP contribution in [0.25, 0.3) is 0 Å². The molecule has 0 bridgehead atoms. The van der Waals surface area contributed by atoms with Crippen molar-refractivity contribution in [3.63, 3.8) is 0 Å². The maximum atomic E-state index is 11.9. The van der Waals surface area contributed by atoms with Crippen LogP contribution < -0.4 is 10.2 Å². The topological polar surface area (TPSA) is 33.5 Å². The lowest BCUT2D eigenvalue weighted by Gasteiger charge is -2.27. The Kier molecular flexibility index (Phi) is 4.61. The van der Waals surface area contributed by atoms with Crippen LogP contribution in [-0.2, 0) is 4.79 Å². The van der Waals surface area contributed by atoms with E-state index in [0.29, 0.717) is 11.6 Å². The molecule has 2 N–H and O–H groups in total. The normalized spacial score (nSPS) is 23.7. The van der Waals surface area contributed by atoms with Crippen molar-refractivity contribution in [3.8, 4) is 0 Å². The Balaban J connectivity index is 1.83. The Morgan fingerprint density at radius 3 is 2.83 bits per heavy atom. The number of rotatable bonds is 3. The van der Waals surface area contributed by atoms with Crippen molar-refractivity contribution < 1.29 is 9.69 Å². The second-order valence-electron chi connectivity index (χ2n) is 5.18. The molecule has 2 rings (SSSR count). The van der Waals surface area contributed by atoms with Crippen LogP contribution in [0.15, 0.2) is 24.3 Å². The van der Waals surface area contributed by atoms with Gasteiger partial charge in [-0.1, -0.05) is 18.5 Å². The molecule has 4 heteroatoms. The molecule has 3 nitrogen and oxygen atoms in total. The summed E-state index contributed by atoms with van der Waals surface area (Å²) in [5.74, 6) is 0.818. The highest BCUT2D eigenvalue weighted by Crippen LogP contribution is 2.13. The Morgan fingerprint density at radius 2 is 2.17 bits per heavy atom. The van der Waals surface area contributed by atoms with Crippen LogP contribution in [0.2, 0.25) is 5.02 Å². The van der Waals surface area contributed by atoms with E-state index in [1.807, 2.05) is 12.1 Å². The van der Waals surface area contributed by atoms with Gasteiger partial charge in [-0.15, -0.1) is 0 Å². The van der Waals surface area contributed by atoms with E-state index in [9.17, 15) is 4.79 Å². The van der Waals surface area contributed by atoms with Crippen LogP contribution >= 0.6 is 11.6 Å². The first-order chi connectivity index (χ1) is 8.63. The van der Waals surface area contributed by atoms with Gasteiger partial charge in [-0.2, -0.15) is 0 Å². The SMILES string of the molecule is C[C@@H]1CCC[NH+](CC(=O)Nc2ccc(Cl)cc2)C1. The van der Waals surface area contributed by atoms with Gasteiger partial charge >= 0.3 is 0 Å². The van der Waals surface area contributed by atoms with E-state index < -0.39 is 0 Å². The van der Waals surface area contributed by atoms with E-state index >= 15 is 0 Å². The number of benzene rings is 1. The number of amides is 1. The first-order valence-corrected chi connectivity index (χ1v) is 6.90. The lowest BCUT2D eigenvalue weighted by atomic mass is 10.0. The summed E-state index contributed by atoms with van der Waals surface area (Å²) in [5, 5.41) is 3.60. The zero-order chi connectivity index (χ0) is 13.0. The minimum Gasteiger partial charge on any atom is -0.327 e. The van der Waals surface area contributed by atoms with Crippen molar-refractivity contribution >= 4 is 23.2 Å². The zero-order valence-electron chi connectivity index (χ0n) is 10.7. The van der Waals surface area contributed by atoms with Crippen molar-refractivity contribution in [1.29, 1.82) is 0 Å². The van der Waals surface area contributed by atoms with E-state index in [1.165, 1.54) is 17.7 Å². The molecular weight excluding hydrogens is 248 g/mol. The van der Waals surface area contributed by atoms with Gasteiger partial charge in [-0.3, -0.25) is 4.79 Å². The number of carbonyl (C=O) groups excluding carboxylic acids is 1. The van der Waals surface area contributed by atoms with E-state index in [-0.39, 0.29) is 5.91 Å². The average Bonchev–Trinajstić information content (AvgIpc) is 2.32. The third-order valence-electron chi connectivity index (χ3n) is 3.40. The van der Waals surface area contributed by atoms with E-state index in [2.05, 4.69) is 12.2 Å². The monoisotopic (exact) mass is 267 g/mol. The summed E-state index contributed by atoms with van der Waals surface area (Å²) in [6.07, 6.45) is 2.52. The van der Waals surface area contributed by atoms with Gasteiger partial charge in [0.15, 0.2) is 6.54 Å². The van der Waals surface area contributed by atoms with Gasteiger partial charge in [0.25, 0.3) is 5.91 Å². The molecule has 18 heavy (non-hydrogen) atoms. The highest BCUT2D eigenvalue weighted by atomic mass is 35.5. The van der Waals surface area contributed by atoms with Crippen molar-refractivity contribution in [2.75, 3.05) is 25.0 Å². The smallest absolute Gasteiger partial charge is 0.279 e. The molecule has 0 aromatic heterocycles. The van der Waals surface area contributed by atoms with Crippen LogP contribution in [0.1, 0.15) is 19.8 Å². The first kappa shape index (κ1) is 13.4. The number of quaternary nitrogens is 1. The van der Waals surface area contributed by atoms with E-state index in [0.717, 1.165) is 24.7 Å². The maximum Gasteiger partial charge on any atom is 0.279 e. The maximum absolute atomic E-state index is 11.9. The van der Waals surface area contributed by atoms with Crippen LogP contribution in [0, 0.1) is 5.92 Å². The summed E-state index contributed by atoms with van der Waals surface area (Å²) in [7, 11) is 0. The third kappa shape index (κ3) is 4.00. The van der Waals surface area contributed by atoms with Crippen molar-refractivity contribution in [1.82, 2.24) is 0 Å². The molecule has 1 heterocycles. The molecule has 0 spiro atoms. The Morgan fingerprint density at radius 1 is 1.44 bits per heavy atom. The van der Waals surface area contributed by atoms with Gasteiger partial charge in [0.05, 0.1) is 13.1 Å². The number of piperidine rings is 1. The number of nitrogens with one attached hydrogen (secondary N) is 2. The number of hydrogen-bond donors (Lipinski definition) is 2. The summed E-state index contributed by atoms with van der Waals surface area (Å²) >= 11 is 5.80. The summed E-state index contributed by atoms with van der Waals surface area (Å²) < 4.78 is 0. The van der Waals surface area contributed by atoms with Crippen molar-refractivity contribution in [2.24, 2.45) is 5.92 Å². The Labute approximate surface area is 113 Å². The van der Waals surface area contributed by atoms with Gasteiger partial charge in [-0.25, -0.2) is 0 Å². The third-order valence-corrected chi connectivity index (χ3v) is 3.65. The molecule has 0 aliphatic carbocycles. The van der Waals surface area contributed by atoms with E-state index in [4.69, 9.17) is 11.6 Å². The highest BCUT2D eigenvalue weighted by molar-refractivity contribution is 6.30. The summed E-state index contributed by atoms with van der Waals surface area (Å²) in [6.45, 7) is 5.04. The molecule has 1 aromatic carbocycles. The summed E-state index contributed by atoms with van der Waals surface area (Å²) in [6, 6.07) is 7.22. The van der Waals surface area contributed by atoms with Gasteiger partial charge < -0.3 is 10.2 Å². The average molecular weight is 268 g/mol. The second kappa shape index (κ2) is 6.21. The standard InChI is InChI=1S/C14H19ClN2O/c1-11-3-2-8-17(9-11)10-14(18)16-13-6-4-12(15)5-7-13/h4-7,11H,2-3,8-10H2,1H3,(H,16,18)/p+1/t11-/m1/s1. The quantitative estimate of drug-likeness (QED) is 0.857. The molecule has 1 fully saturated rings. The molecule has 1 aromatic rings. The molecule has 98 valence electrons. The highest BCUT2D eigenvalue weighted by Gasteiger charge is 2.21. The molecule has 1 amide bonds. The second-order valence-corrected chi connectivity index (χ2v) is 5.62.